The molecule has 46 heavy (non-hydrogen) atoms. The third-order valence-electron chi connectivity index (χ3n) is 10.8. The first kappa shape index (κ1) is 30.7. The van der Waals surface area contributed by atoms with Gasteiger partial charge in [-0.3, -0.25) is 9.36 Å². The third-order valence-corrected chi connectivity index (χ3v) is 11.1. The Morgan fingerprint density at radius 1 is 1.13 bits per heavy atom. The number of nitrogens with zero attached hydrogens (tertiary/aromatic N) is 7. The summed E-state index contributed by atoms with van der Waals surface area (Å²) >= 11 is 6.86. The molecule has 0 N–H and O–H groups in total. The largest absolute Gasteiger partial charge is 0.359 e. The van der Waals surface area contributed by atoms with Crippen LogP contribution in [0.5, 0.6) is 0 Å². The molecule has 3 aromatic rings. The number of fused-ring (bicyclic) bond motifs is 3. The molecule has 3 aliphatic heterocycles. The quantitative estimate of drug-likeness (QED) is 0.350. The summed E-state index contributed by atoms with van der Waals surface area (Å²) in [6.07, 6.45) is 5.70. The number of carbonyl (C=O) groups is 1. The average Bonchev–Trinajstić information content (AvgIpc) is 3.44. The molecule has 1 saturated carbocycles. The van der Waals surface area contributed by atoms with Crippen molar-refractivity contribution in [3.8, 4) is 6.07 Å². The Balaban J connectivity index is 1.37. The second-order valence-electron chi connectivity index (χ2n) is 13.2. The first-order valence-electron chi connectivity index (χ1n) is 16.3. The molecule has 0 radical (unpaired) electrons. The molecular weight excluding hydrogens is 605 g/mol. The number of hydrogen-bond acceptors (Lipinski definition) is 7. The van der Waals surface area contributed by atoms with Crippen LogP contribution in [0.15, 0.2) is 53.6 Å². The molecule has 1 aromatic heterocycles. The Morgan fingerprint density at radius 2 is 1.91 bits per heavy atom. The van der Waals surface area contributed by atoms with Crippen molar-refractivity contribution in [2.45, 2.75) is 69.1 Å². The fraction of sp³-hybridized carbons (Fsp3) is 0.486. The second kappa shape index (κ2) is 12.0. The van der Waals surface area contributed by atoms with E-state index in [4.69, 9.17) is 16.6 Å². The summed E-state index contributed by atoms with van der Waals surface area (Å²) in [5.41, 5.74) is 2.51. The van der Waals surface area contributed by atoms with E-state index in [-0.39, 0.29) is 31.2 Å². The van der Waals surface area contributed by atoms with Gasteiger partial charge in [-0.1, -0.05) is 42.4 Å². The van der Waals surface area contributed by atoms with Crippen LogP contribution >= 0.6 is 11.6 Å². The van der Waals surface area contributed by atoms with Gasteiger partial charge in [-0.15, -0.1) is 0 Å². The number of likely N-dealkylation sites (tertiary alicyclic amines) is 1. The second-order valence-corrected chi connectivity index (χ2v) is 13.6. The van der Waals surface area contributed by atoms with Crippen LogP contribution in [0.25, 0.3) is 10.8 Å². The monoisotopic (exact) mass is 643 g/mol. The molecular formula is C35H39ClFN7O2. The minimum absolute atomic E-state index is 0.0440. The van der Waals surface area contributed by atoms with Crippen molar-refractivity contribution in [2.24, 2.45) is 0 Å². The summed E-state index contributed by atoms with van der Waals surface area (Å²) in [5.74, 6) is -1.19. The number of nitriles is 1. The van der Waals surface area contributed by atoms with E-state index in [0.29, 0.717) is 30.4 Å². The molecule has 4 aliphatic rings. The van der Waals surface area contributed by atoms with Crippen LogP contribution in [0, 0.1) is 11.3 Å². The SMILES string of the molecule is C=C(F)C(=O)N1CCN(c2nc(=O)n(C[C@@H]3CCCN3C)c3c2CCN(c2cccc4cccc(Cl)c24)C32CCC2)C[C@@H]1CC#N. The Labute approximate surface area is 273 Å². The van der Waals surface area contributed by atoms with Crippen LogP contribution in [-0.2, 0) is 23.3 Å². The van der Waals surface area contributed by atoms with Gasteiger partial charge in [0, 0.05) is 55.4 Å². The van der Waals surface area contributed by atoms with Gasteiger partial charge in [-0.05, 0) is 69.6 Å². The average molecular weight is 644 g/mol. The van der Waals surface area contributed by atoms with Gasteiger partial charge in [-0.2, -0.15) is 10.2 Å². The standard InChI is InChI=1S/C35H39ClFN7O2/c1-23(37)33(45)42-20-19-41(21-26(42)12-16-38)32-27-13-18-44(29-11-4-8-24-7-3-10-28(36)30(24)29)35(14-6-15-35)31(27)43(34(46)39-32)22-25-9-5-17-40(25)2/h3-4,7-8,10-11,25-26H,1,5-6,9,12-15,17-22H2,2H3/t25-,26-/m0/s1. The summed E-state index contributed by atoms with van der Waals surface area (Å²) in [6.45, 7) is 6.39. The maximum atomic E-state index is 14.2. The van der Waals surface area contributed by atoms with Gasteiger partial charge < -0.3 is 19.6 Å². The molecule has 4 heterocycles. The lowest BCUT2D eigenvalue weighted by atomic mass is 9.68. The van der Waals surface area contributed by atoms with Crippen molar-refractivity contribution in [3.63, 3.8) is 0 Å². The summed E-state index contributed by atoms with van der Waals surface area (Å²) in [7, 11) is 2.13. The van der Waals surface area contributed by atoms with E-state index in [1.54, 1.807) is 0 Å². The van der Waals surface area contributed by atoms with Gasteiger partial charge in [0.25, 0.3) is 5.91 Å². The highest BCUT2D eigenvalue weighted by molar-refractivity contribution is 6.36. The number of benzene rings is 2. The van der Waals surface area contributed by atoms with Crippen LogP contribution in [0.1, 0.15) is 49.8 Å². The predicted octanol–water partition coefficient (Wildman–Crippen LogP) is 5.00. The fourth-order valence-corrected chi connectivity index (χ4v) is 8.66. The molecule has 1 aliphatic carbocycles. The zero-order chi connectivity index (χ0) is 32.2. The van der Waals surface area contributed by atoms with E-state index in [1.807, 2.05) is 21.6 Å². The van der Waals surface area contributed by atoms with Crippen molar-refractivity contribution in [1.29, 1.82) is 5.26 Å². The number of carbonyl (C=O) groups excluding carboxylic acids is 1. The van der Waals surface area contributed by atoms with Crippen LogP contribution in [0.2, 0.25) is 5.02 Å². The molecule has 2 saturated heterocycles. The molecule has 9 nitrogen and oxygen atoms in total. The minimum atomic E-state index is -1.04. The van der Waals surface area contributed by atoms with Gasteiger partial charge in [0.1, 0.15) is 5.82 Å². The molecule has 0 bridgehead atoms. The van der Waals surface area contributed by atoms with Gasteiger partial charge >= 0.3 is 5.69 Å². The molecule has 1 amide bonds. The van der Waals surface area contributed by atoms with Gasteiger partial charge in [0.2, 0.25) is 0 Å². The summed E-state index contributed by atoms with van der Waals surface area (Å²) in [6, 6.07) is 14.2. The maximum absolute atomic E-state index is 14.2. The number of hydrogen-bond donors (Lipinski definition) is 0. The number of rotatable bonds is 6. The molecule has 240 valence electrons. The smallest absolute Gasteiger partial charge is 0.349 e. The highest BCUT2D eigenvalue weighted by Gasteiger charge is 2.51. The molecule has 1 spiro atoms. The Bertz CT molecular complexity index is 1810. The highest BCUT2D eigenvalue weighted by Crippen LogP contribution is 2.54. The molecule has 2 atom stereocenters. The Hall–Kier alpha value is -3.94. The van der Waals surface area contributed by atoms with Crippen molar-refractivity contribution in [2.75, 3.05) is 49.6 Å². The molecule has 0 unspecified atom stereocenters. The van der Waals surface area contributed by atoms with Gasteiger partial charge in [-0.25, -0.2) is 9.18 Å². The third kappa shape index (κ3) is 4.96. The lowest BCUT2D eigenvalue weighted by Crippen LogP contribution is -2.60. The van der Waals surface area contributed by atoms with Gasteiger partial charge in [0.15, 0.2) is 5.83 Å². The van der Waals surface area contributed by atoms with Crippen molar-refractivity contribution >= 4 is 39.8 Å². The normalized spacial score (nSPS) is 22.5. The zero-order valence-corrected chi connectivity index (χ0v) is 27.0. The van der Waals surface area contributed by atoms with Crippen LogP contribution in [-0.4, -0.2) is 77.1 Å². The van der Waals surface area contributed by atoms with Crippen LogP contribution < -0.4 is 15.5 Å². The van der Waals surface area contributed by atoms with Crippen LogP contribution in [0.4, 0.5) is 15.9 Å². The predicted molar refractivity (Wildman–Crippen MR) is 178 cm³/mol. The number of amides is 1. The van der Waals surface area contributed by atoms with Crippen molar-refractivity contribution in [1.82, 2.24) is 19.4 Å². The van der Waals surface area contributed by atoms with E-state index in [0.717, 1.165) is 72.9 Å². The molecule has 3 fully saturated rings. The Morgan fingerprint density at radius 3 is 2.59 bits per heavy atom. The number of anilines is 2. The molecule has 7 rings (SSSR count). The number of aromatic nitrogens is 2. The van der Waals surface area contributed by atoms with Crippen molar-refractivity contribution < 1.29 is 9.18 Å². The number of halogens is 2. The summed E-state index contributed by atoms with van der Waals surface area (Å²) in [4.78, 5) is 39.9. The first-order valence-corrected chi connectivity index (χ1v) is 16.7. The Kier molecular flexibility index (Phi) is 8.02. The van der Waals surface area contributed by atoms with E-state index in [1.165, 1.54) is 4.90 Å². The summed E-state index contributed by atoms with van der Waals surface area (Å²) in [5, 5.41) is 12.4. The maximum Gasteiger partial charge on any atom is 0.349 e. The lowest BCUT2D eigenvalue weighted by molar-refractivity contribution is -0.131. The van der Waals surface area contributed by atoms with E-state index in [2.05, 4.69) is 53.8 Å². The fourth-order valence-electron chi connectivity index (χ4n) is 8.38. The van der Waals surface area contributed by atoms with E-state index >= 15 is 0 Å². The van der Waals surface area contributed by atoms with E-state index < -0.39 is 23.3 Å². The van der Waals surface area contributed by atoms with Gasteiger partial charge in [0.05, 0.1) is 34.8 Å². The highest BCUT2D eigenvalue weighted by atomic mass is 35.5. The minimum Gasteiger partial charge on any atom is -0.359 e. The molecule has 11 heteroatoms. The molecule has 2 aromatic carbocycles. The zero-order valence-electron chi connectivity index (χ0n) is 26.2. The lowest BCUT2D eigenvalue weighted by Gasteiger charge is -2.56. The van der Waals surface area contributed by atoms with E-state index in [9.17, 15) is 19.2 Å². The van der Waals surface area contributed by atoms with Crippen molar-refractivity contribution in [3.05, 3.63) is 75.6 Å². The summed E-state index contributed by atoms with van der Waals surface area (Å²) < 4.78 is 15.9. The number of likely N-dealkylation sites (N-methyl/N-ethyl adjacent to an activating group) is 1. The number of piperazine rings is 1. The van der Waals surface area contributed by atoms with Crippen LogP contribution in [0.3, 0.4) is 0 Å². The first-order chi connectivity index (χ1) is 22.2. The topological polar surface area (TPSA) is 88.7 Å².